The van der Waals surface area contributed by atoms with Crippen molar-refractivity contribution in [1.82, 2.24) is 0 Å². The van der Waals surface area contributed by atoms with Gasteiger partial charge in [0.2, 0.25) is 0 Å². The number of rotatable bonds is 1. The molecular weight excluding hydrogens is 256 g/mol. The summed E-state index contributed by atoms with van der Waals surface area (Å²) in [6, 6.07) is 2.01. The maximum atomic E-state index is 10.5. The average molecular weight is 284 g/mol. The second kappa shape index (κ2) is 5.19. The second-order valence-electron chi connectivity index (χ2n) is 7.60. The van der Waals surface area contributed by atoms with Crippen LogP contribution < -0.4 is 0 Å². The summed E-state index contributed by atoms with van der Waals surface area (Å²) in [5.41, 5.74) is 6.96. The molecule has 1 aromatic carbocycles. The maximum absolute atomic E-state index is 10.5. The lowest BCUT2D eigenvalue weighted by atomic mass is 9.62. The largest absolute Gasteiger partial charge is 0.508 e. The first-order valence-corrected chi connectivity index (χ1v) is 8.41. The molecule has 1 aromatic rings. The van der Waals surface area contributed by atoms with Crippen molar-refractivity contribution >= 4 is 0 Å². The van der Waals surface area contributed by atoms with Gasteiger partial charge in [0.05, 0.1) is 0 Å². The summed E-state index contributed by atoms with van der Waals surface area (Å²) >= 11 is 0. The van der Waals surface area contributed by atoms with Crippen LogP contribution >= 0.6 is 0 Å². The molecule has 0 heterocycles. The summed E-state index contributed by atoms with van der Waals surface area (Å²) in [5, 5.41) is 10.5. The van der Waals surface area contributed by atoms with Gasteiger partial charge in [-0.05, 0) is 80.5 Å². The Labute approximate surface area is 129 Å². The monoisotopic (exact) mass is 284 g/mol. The van der Waals surface area contributed by atoms with Crippen LogP contribution in [0.3, 0.4) is 0 Å². The van der Waals surface area contributed by atoms with E-state index in [1.807, 2.05) is 6.07 Å². The standard InChI is InChI=1S/C20H28O/c1-11(2)8-15-9-13(4)16-7-6-12(3)19-17(21)10-14(5)18(15)20(16)19/h8,10,12-13,15-16,21H,6-7,9H2,1-5H3/t12-,13-,15+,16+/m0/s1. The van der Waals surface area contributed by atoms with Crippen LogP contribution in [-0.2, 0) is 0 Å². The van der Waals surface area contributed by atoms with Gasteiger partial charge in [0.15, 0.2) is 0 Å². The minimum atomic E-state index is 0.494. The van der Waals surface area contributed by atoms with Crippen LogP contribution in [0, 0.1) is 12.8 Å². The Hall–Kier alpha value is -1.24. The van der Waals surface area contributed by atoms with E-state index >= 15 is 0 Å². The average Bonchev–Trinajstić information content (AvgIpc) is 2.36. The molecule has 0 bridgehead atoms. The highest BCUT2D eigenvalue weighted by Gasteiger charge is 2.39. The van der Waals surface area contributed by atoms with Gasteiger partial charge in [-0.1, -0.05) is 25.5 Å². The molecule has 0 saturated carbocycles. The fraction of sp³-hybridized carbons (Fsp3) is 0.600. The molecule has 3 rings (SSSR count). The Morgan fingerprint density at radius 2 is 1.86 bits per heavy atom. The molecule has 0 fully saturated rings. The zero-order chi connectivity index (χ0) is 15.3. The van der Waals surface area contributed by atoms with E-state index in [2.05, 4.69) is 40.7 Å². The minimum Gasteiger partial charge on any atom is -0.508 e. The molecule has 114 valence electrons. The molecule has 2 aliphatic carbocycles. The van der Waals surface area contributed by atoms with Crippen molar-refractivity contribution in [2.75, 3.05) is 0 Å². The van der Waals surface area contributed by atoms with E-state index in [-0.39, 0.29) is 0 Å². The van der Waals surface area contributed by atoms with Crippen LogP contribution in [0.5, 0.6) is 5.75 Å². The molecular formula is C20H28O. The van der Waals surface area contributed by atoms with Gasteiger partial charge in [-0.2, -0.15) is 0 Å². The number of hydrogen-bond donors (Lipinski definition) is 1. The smallest absolute Gasteiger partial charge is 0.119 e. The fourth-order valence-corrected chi connectivity index (χ4v) is 4.79. The molecule has 1 heteroatoms. The number of aryl methyl sites for hydroxylation is 1. The van der Waals surface area contributed by atoms with E-state index in [1.165, 1.54) is 47.1 Å². The van der Waals surface area contributed by atoms with Crippen molar-refractivity contribution in [3.8, 4) is 5.75 Å². The lowest BCUT2D eigenvalue weighted by Gasteiger charge is -2.42. The molecule has 2 aliphatic rings. The Bertz CT molecular complexity index is 592. The Morgan fingerprint density at radius 1 is 1.14 bits per heavy atom. The zero-order valence-corrected chi connectivity index (χ0v) is 14.0. The molecule has 0 aromatic heterocycles. The van der Waals surface area contributed by atoms with Gasteiger partial charge in [-0.15, -0.1) is 0 Å². The molecule has 0 aliphatic heterocycles. The highest BCUT2D eigenvalue weighted by Crippen LogP contribution is 2.55. The number of hydrogen-bond acceptors (Lipinski definition) is 1. The van der Waals surface area contributed by atoms with E-state index in [9.17, 15) is 5.11 Å². The molecule has 4 atom stereocenters. The van der Waals surface area contributed by atoms with Crippen molar-refractivity contribution in [3.05, 3.63) is 40.0 Å². The summed E-state index contributed by atoms with van der Waals surface area (Å²) < 4.78 is 0. The normalized spacial score (nSPS) is 30.7. The lowest BCUT2D eigenvalue weighted by Crippen LogP contribution is -2.27. The number of aromatic hydroxyl groups is 1. The Morgan fingerprint density at radius 3 is 2.52 bits per heavy atom. The predicted octanol–water partition coefficient (Wildman–Crippen LogP) is 5.77. The minimum absolute atomic E-state index is 0.494. The highest BCUT2D eigenvalue weighted by atomic mass is 16.3. The van der Waals surface area contributed by atoms with Gasteiger partial charge in [-0.3, -0.25) is 0 Å². The molecule has 21 heavy (non-hydrogen) atoms. The summed E-state index contributed by atoms with van der Waals surface area (Å²) in [6.07, 6.45) is 6.19. The molecule has 1 N–H and O–H groups in total. The Kier molecular flexibility index (Phi) is 3.63. The van der Waals surface area contributed by atoms with Crippen molar-refractivity contribution in [1.29, 1.82) is 0 Å². The van der Waals surface area contributed by atoms with Gasteiger partial charge < -0.3 is 5.11 Å². The van der Waals surface area contributed by atoms with Crippen molar-refractivity contribution in [2.24, 2.45) is 5.92 Å². The predicted molar refractivity (Wildman–Crippen MR) is 89.2 cm³/mol. The number of phenols is 1. The number of allylic oxidation sites excluding steroid dienone is 2. The topological polar surface area (TPSA) is 20.2 Å². The van der Waals surface area contributed by atoms with E-state index in [4.69, 9.17) is 0 Å². The highest BCUT2D eigenvalue weighted by molar-refractivity contribution is 5.56. The van der Waals surface area contributed by atoms with Gasteiger partial charge >= 0.3 is 0 Å². The van der Waals surface area contributed by atoms with Crippen LogP contribution in [0.4, 0.5) is 0 Å². The van der Waals surface area contributed by atoms with E-state index in [0.29, 0.717) is 29.4 Å². The third-order valence-electron chi connectivity index (χ3n) is 5.63. The first-order valence-electron chi connectivity index (χ1n) is 8.41. The van der Waals surface area contributed by atoms with Crippen LogP contribution in [0.1, 0.15) is 87.0 Å². The Balaban J connectivity index is 2.27. The third-order valence-corrected chi connectivity index (χ3v) is 5.63. The van der Waals surface area contributed by atoms with E-state index in [0.717, 1.165) is 0 Å². The SMILES string of the molecule is CC(C)=C[C@@H]1C[C@H](C)[C@H]2CC[C@H](C)c3c(O)cc(C)c1c32. The molecule has 0 radical (unpaired) electrons. The van der Waals surface area contributed by atoms with Crippen LogP contribution in [0.25, 0.3) is 0 Å². The van der Waals surface area contributed by atoms with Crippen LogP contribution in [0.15, 0.2) is 17.7 Å². The molecule has 1 nitrogen and oxygen atoms in total. The first-order chi connectivity index (χ1) is 9.90. The summed E-state index contributed by atoms with van der Waals surface area (Å²) in [6.45, 7) is 11.2. The molecule has 0 spiro atoms. The van der Waals surface area contributed by atoms with Gasteiger partial charge in [0.25, 0.3) is 0 Å². The van der Waals surface area contributed by atoms with Gasteiger partial charge in [0, 0.05) is 11.5 Å². The van der Waals surface area contributed by atoms with Gasteiger partial charge in [-0.25, -0.2) is 0 Å². The number of phenolic OH excluding ortho intramolecular Hbond substituents is 1. The lowest BCUT2D eigenvalue weighted by molar-refractivity contribution is 0.326. The summed E-state index contributed by atoms with van der Waals surface area (Å²) in [4.78, 5) is 0. The summed E-state index contributed by atoms with van der Waals surface area (Å²) in [5.74, 6) is 2.92. The van der Waals surface area contributed by atoms with Crippen molar-refractivity contribution < 1.29 is 5.11 Å². The van der Waals surface area contributed by atoms with E-state index in [1.54, 1.807) is 0 Å². The van der Waals surface area contributed by atoms with Crippen LogP contribution in [0.2, 0.25) is 0 Å². The maximum Gasteiger partial charge on any atom is 0.119 e. The molecule has 0 unspecified atom stereocenters. The molecule has 0 amide bonds. The third kappa shape index (κ3) is 2.31. The van der Waals surface area contributed by atoms with Crippen molar-refractivity contribution in [2.45, 2.75) is 71.6 Å². The second-order valence-corrected chi connectivity index (χ2v) is 7.60. The molecule has 0 saturated heterocycles. The first kappa shape index (κ1) is 14.7. The fourth-order valence-electron chi connectivity index (χ4n) is 4.79. The zero-order valence-electron chi connectivity index (χ0n) is 14.0. The van der Waals surface area contributed by atoms with Crippen molar-refractivity contribution in [3.63, 3.8) is 0 Å². The summed E-state index contributed by atoms with van der Waals surface area (Å²) in [7, 11) is 0. The quantitative estimate of drug-likeness (QED) is 0.649. The van der Waals surface area contributed by atoms with Crippen LogP contribution in [-0.4, -0.2) is 5.11 Å². The van der Waals surface area contributed by atoms with Gasteiger partial charge in [0.1, 0.15) is 5.75 Å². The number of benzene rings is 1. The van der Waals surface area contributed by atoms with E-state index < -0.39 is 0 Å².